The monoisotopic (exact) mass is 238 g/mol. The van der Waals surface area contributed by atoms with E-state index in [1.54, 1.807) is 0 Å². The van der Waals surface area contributed by atoms with Gasteiger partial charge in [0, 0.05) is 5.88 Å². The topological polar surface area (TPSA) is 44.8 Å². The van der Waals surface area contributed by atoms with Crippen molar-refractivity contribution in [3.8, 4) is 0 Å². The van der Waals surface area contributed by atoms with Gasteiger partial charge in [-0.15, -0.1) is 11.6 Å². The quantitative estimate of drug-likeness (QED) is 0.384. The molecule has 15 heavy (non-hydrogen) atoms. The number of hydrogen-bond donors (Lipinski definition) is 0. The molecule has 0 saturated carbocycles. The lowest BCUT2D eigenvalue weighted by atomic mass is 10.2. The molecule has 0 rings (SSSR count). The van der Waals surface area contributed by atoms with Crippen LogP contribution < -0.4 is 0 Å². The van der Waals surface area contributed by atoms with Crippen molar-refractivity contribution in [2.24, 2.45) is 0 Å². The fourth-order valence-electron chi connectivity index (χ4n) is 0.801. The fourth-order valence-corrected chi connectivity index (χ4v) is 0.910. The summed E-state index contributed by atoms with van der Waals surface area (Å²) in [7, 11) is 0. The molecule has 0 atom stereocenters. The van der Waals surface area contributed by atoms with Crippen molar-refractivity contribution in [3.05, 3.63) is 0 Å². The van der Waals surface area contributed by atoms with Crippen LogP contribution in [0.4, 0.5) is 0 Å². The Morgan fingerprint density at radius 3 is 2.27 bits per heavy atom. The molecule has 0 unspecified atom stereocenters. The maximum Gasteiger partial charge on any atom is 0.332 e. The first kappa shape index (κ1) is 14.7. The van der Waals surface area contributed by atoms with Gasteiger partial charge in [-0.25, -0.2) is 4.79 Å². The average Bonchev–Trinajstić information content (AvgIpc) is 2.08. The van der Waals surface area contributed by atoms with Crippen molar-refractivity contribution in [3.63, 3.8) is 0 Å². The third-order valence-electron chi connectivity index (χ3n) is 1.23. The van der Waals surface area contributed by atoms with Gasteiger partial charge < -0.3 is 14.2 Å². The Morgan fingerprint density at radius 1 is 1.13 bits per heavy atom. The number of ether oxygens (including phenoxy) is 3. The molecular weight excluding hydrogens is 220 g/mol. The van der Waals surface area contributed by atoms with Crippen LogP contribution in [0.25, 0.3) is 0 Å². The van der Waals surface area contributed by atoms with Gasteiger partial charge in [0.25, 0.3) is 0 Å². The Kier molecular flexibility index (Phi) is 7.74. The minimum atomic E-state index is -0.463. The third kappa shape index (κ3) is 11.6. The summed E-state index contributed by atoms with van der Waals surface area (Å²) in [5.74, 6) is 0.103. The summed E-state index contributed by atoms with van der Waals surface area (Å²) in [6, 6.07) is 0. The van der Waals surface area contributed by atoms with Gasteiger partial charge in [-0.3, -0.25) is 0 Å². The zero-order valence-corrected chi connectivity index (χ0v) is 10.3. The molecular formula is C10H19ClO4. The van der Waals surface area contributed by atoms with Crippen LogP contribution in [-0.2, 0) is 19.0 Å². The van der Waals surface area contributed by atoms with Crippen molar-refractivity contribution < 1.29 is 19.0 Å². The second kappa shape index (κ2) is 7.91. The van der Waals surface area contributed by atoms with Gasteiger partial charge >= 0.3 is 5.97 Å². The maximum atomic E-state index is 11.1. The van der Waals surface area contributed by atoms with Crippen LogP contribution in [0, 0.1) is 0 Å². The van der Waals surface area contributed by atoms with Crippen LogP contribution in [0.5, 0.6) is 0 Å². The van der Waals surface area contributed by atoms with Gasteiger partial charge in [-0.2, -0.15) is 0 Å². The van der Waals surface area contributed by atoms with Crippen LogP contribution in [0.15, 0.2) is 0 Å². The van der Waals surface area contributed by atoms with Crippen LogP contribution in [0.1, 0.15) is 20.8 Å². The predicted molar refractivity (Wildman–Crippen MR) is 58.2 cm³/mol. The molecule has 0 aliphatic rings. The minimum absolute atomic E-state index is 0.0402. The van der Waals surface area contributed by atoms with Crippen molar-refractivity contribution in [1.29, 1.82) is 0 Å². The van der Waals surface area contributed by atoms with Crippen LogP contribution in [-0.4, -0.2) is 43.9 Å². The second-order valence-corrected chi connectivity index (χ2v) is 4.32. The van der Waals surface area contributed by atoms with Gasteiger partial charge in [0.15, 0.2) is 0 Å². The molecule has 0 spiro atoms. The smallest absolute Gasteiger partial charge is 0.332 e. The fraction of sp³-hybridized carbons (Fsp3) is 0.900. The van der Waals surface area contributed by atoms with Gasteiger partial charge in [-0.05, 0) is 20.8 Å². The highest BCUT2D eigenvalue weighted by Gasteiger charge is 2.15. The Hall–Kier alpha value is -0.320. The molecule has 0 amide bonds. The van der Waals surface area contributed by atoms with E-state index in [-0.39, 0.29) is 12.6 Å². The highest BCUT2D eigenvalue weighted by molar-refractivity contribution is 6.17. The van der Waals surface area contributed by atoms with Crippen molar-refractivity contribution >= 4 is 17.6 Å². The number of alkyl halides is 1. The highest BCUT2D eigenvalue weighted by atomic mass is 35.5. The van der Waals surface area contributed by atoms with Crippen LogP contribution in [0.3, 0.4) is 0 Å². The lowest BCUT2D eigenvalue weighted by molar-refractivity contribution is -0.160. The van der Waals surface area contributed by atoms with E-state index in [1.165, 1.54) is 0 Å². The summed E-state index contributed by atoms with van der Waals surface area (Å²) in [6.45, 7) is 6.71. The number of rotatable bonds is 7. The number of carbonyl (C=O) groups excluding carboxylic acids is 1. The zero-order chi connectivity index (χ0) is 11.7. The predicted octanol–water partition coefficient (Wildman–Crippen LogP) is 1.60. The molecule has 90 valence electrons. The summed E-state index contributed by atoms with van der Waals surface area (Å²) in [5.41, 5.74) is -0.463. The average molecular weight is 239 g/mol. The molecule has 0 aromatic carbocycles. The molecule has 0 aromatic heterocycles. The second-order valence-electron chi connectivity index (χ2n) is 3.94. The standard InChI is InChI=1S/C10H19ClO4/c1-10(2,3)15-9(12)8-14-7-6-13-5-4-11/h4-8H2,1-3H3. The van der Waals surface area contributed by atoms with E-state index in [1.807, 2.05) is 20.8 Å². The van der Waals surface area contributed by atoms with E-state index in [9.17, 15) is 4.79 Å². The number of carbonyl (C=O) groups is 1. The largest absolute Gasteiger partial charge is 0.458 e. The van der Waals surface area contributed by atoms with Crippen LogP contribution >= 0.6 is 11.6 Å². The third-order valence-corrected chi connectivity index (χ3v) is 1.39. The van der Waals surface area contributed by atoms with Gasteiger partial charge in [0.2, 0.25) is 0 Å². The number of esters is 1. The summed E-state index contributed by atoms with van der Waals surface area (Å²) < 4.78 is 15.1. The molecule has 0 N–H and O–H groups in total. The first-order valence-electron chi connectivity index (χ1n) is 4.89. The highest BCUT2D eigenvalue weighted by Crippen LogP contribution is 2.06. The van der Waals surface area contributed by atoms with Gasteiger partial charge in [0.1, 0.15) is 12.2 Å². The Morgan fingerprint density at radius 2 is 1.73 bits per heavy atom. The summed E-state index contributed by atoms with van der Waals surface area (Å²) >= 11 is 5.40. The molecule has 0 fully saturated rings. The molecule has 0 saturated heterocycles. The maximum absolute atomic E-state index is 11.1. The normalized spacial score (nSPS) is 11.5. The molecule has 5 heteroatoms. The molecule has 0 heterocycles. The first-order chi connectivity index (χ1) is 6.95. The molecule has 0 radical (unpaired) electrons. The Labute approximate surface area is 95.8 Å². The van der Waals surface area contributed by atoms with E-state index in [0.29, 0.717) is 25.7 Å². The molecule has 0 bridgehead atoms. The lowest BCUT2D eigenvalue weighted by Gasteiger charge is -2.19. The summed E-state index contributed by atoms with van der Waals surface area (Å²) in [6.07, 6.45) is 0. The summed E-state index contributed by atoms with van der Waals surface area (Å²) in [4.78, 5) is 11.1. The Bertz CT molecular complexity index is 177. The van der Waals surface area contributed by atoms with E-state index in [0.717, 1.165) is 0 Å². The van der Waals surface area contributed by atoms with Crippen LogP contribution in [0.2, 0.25) is 0 Å². The number of halogens is 1. The minimum Gasteiger partial charge on any atom is -0.458 e. The van der Waals surface area contributed by atoms with Gasteiger partial charge in [-0.1, -0.05) is 0 Å². The van der Waals surface area contributed by atoms with E-state index < -0.39 is 5.60 Å². The van der Waals surface area contributed by atoms with Crippen molar-refractivity contribution in [1.82, 2.24) is 0 Å². The molecule has 4 nitrogen and oxygen atoms in total. The van der Waals surface area contributed by atoms with Crippen molar-refractivity contribution in [2.45, 2.75) is 26.4 Å². The first-order valence-corrected chi connectivity index (χ1v) is 5.42. The van der Waals surface area contributed by atoms with E-state index >= 15 is 0 Å². The SMILES string of the molecule is CC(C)(C)OC(=O)COCCOCCCl. The molecule has 0 aliphatic heterocycles. The molecule has 0 aliphatic carbocycles. The molecule has 0 aromatic rings. The van der Waals surface area contributed by atoms with E-state index in [4.69, 9.17) is 25.8 Å². The van der Waals surface area contributed by atoms with Crippen molar-refractivity contribution in [2.75, 3.05) is 32.3 Å². The zero-order valence-electron chi connectivity index (χ0n) is 9.55. The number of hydrogen-bond acceptors (Lipinski definition) is 4. The Balaban J connectivity index is 3.32. The lowest BCUT2D eigenvalue weighted by Crippen LogP contribution is -2.27. The van der Waals surface area contributed by atoms with E-state index in [2.05, 4.69) is 0 Å². The van der Waals surface area contributed by atoms with Gasteiger partial charge in [0.05, 0.1) is 19.8 Å². The summed E-state index contributed by atoms with van der Waals surface area (Å²) in [5, 5.41) is 0.